The molecule has 0 unspecified atom stereocenters. The van der Waals surface area contributed by atoms with Gasteiger partial charge in [-0.25, -0.2) is 4.98 Å². The molecule has 1 aromatic heterocycles. The van der Waals surface area contributed by atoms with E-state index in [1.54, 1.807) is 0 Å². The van der Waals surface area contributed by atoms with Gasteiger partial charge in [0.1, 0.15) is 5.82 Å². The first kappa shape index (κ1) is 13.5. The van der Waals surface area contributed by atoms with E-state index in [1.807, 2.05) is 0 Å². The van der Waals surface area contributed by atoms with Crippen molar-refractivity contribution in [3.8, 4) is 0 Å². The molecule has 0 radical (unpaired) electrons. The quantitative estimate of drug-likeness (QED) is 0.858. The summed E-state index contributed by atoms with van der Waals surface area (Å²) in [5, 5.41) is 0. The van der Waals surface area contributed by atoms with Crippen LogP contribution in [0.5, 0.6) is 0 Å². The molecule has 0 spiro atoms. The lowest BCUT2D eigenvalue weighted by Gasteiger charge is -2.29. The third-order valence-electron chi connectivity index (χ3n) is 2.87. The minimum Gasteiger partial charge on any atom is -0.383 e. The third kappa shape index (κ3) is 2.75. The van der Waals surface area contributed by atoms with Crippen LogP contribution >= 0.6 is 15.9 Å². The van der Waals surface area contributed by atoms with Crippen molar-refractivity contribution in [2.75, 3.05) is 36.9 Å². The highest BCUT2D eigenvalue weighted by Gasteiger charge is 2.24. The molecule has 0 amide bonds. The molecule has 1 saturated heterocycles. The van der Waals surface area contributed by atoms with Gasteiger partial charge in [0, 0.05) is 18.5 Å². The smallest absolute Gasteiger partial charge is 0.227 e. The average molecular weight is 315 g/mol. The molecule has 2 rings (SSSR count). The number of rotatable bonds is 1. The van der Waals surface area contributed by atoms with Gasteiger partial charge in [-0.05, 0) is 15.9 Å². The second kappa shape index (κ2) is 5.01. The Bertz CT molecular complexity index is 438. The van der Waals surface area contributed by atoms with Crippen molar-refractivity contribution in [3.05, 3.63) is 10.2 Å². The molecule has 2 N–H and O–H groups in total. The van der Waals surface area contributed by atoms with Gasteiger partial charge in [-0.3, -0.25) is 0 Å². The summed E-state index contributed by atoms with van der Waals surface area (Å²) in [5.74, 6) is 1.19. The van der Waals surface area contributed by atoms with Crippen molar-refractivity contribution in [2.24, 2.45) is 0 Å². The number of anilines is 2. The van der Waals surface area contributed by atoms with E-state index in [-0.39, 0.29) is 5.41 Å². The van der Waals surface area contributed by atoms with Gasteiger partial charge in [0.15, 0.2) is 0 Å². The molecule has 0 aliphatic carbocycles. The van der Waals surface area contributed by atoms with Crippen molar-refractivity contribution in [1.82, 2.24) is 9.97 Å². The Labute approximate surface area is 116 Å². The fourth-order valence-corrected chi connectivity index (χ4v) is 2.63. The summed E-state index contributed by atoms with van der Waals surface area (Å²) in [6, 6.07) is 0. The number of aromatic nitrogens is 2. The third-order valence-corrected chi connectivity index (χ3v) is 3.65. The van der Waals surface area contributed by atoms with E-state index in [4.69, 9.17) is 10.5 Å². The van der Waals surface area contributed by atoms with Gasteiger partial charge in [-0.15, -0.1) is 0 Å². The molecule has 1 fully saturated rings. The second-order valence-corrected chi connectivity index (χ2v) is 6.21. The van der Waals surface area contributed by atoms with Crippen LogP contribution in [-0.4, -0.2) is 36.3 Å². The molecule has 100 valence electrons. The Kier molecular flexibility index (Phi) is 3.77. The van der Waals surface area contributed by atoms with E-state index in [2.05, 4.69) is 51.6 Å². The zero-order chi connectivity index (χ0) is 13.3. The molecule has 1 aromatic rings. The number of halogens is 1. The molecule has 6 heteroatoms. The standard InChI is InChI=1S/C12H19BrN4O/c1-12(2,3)9-8(13)10(14)16-11(15-9)17-4-6-18-7-5-17/h4-7H2,1-3H3,(H2,14,15,16). The fraction of sp³-hybridized carbons (Fsp3) is 0.667. The van der Waals surface area contributed by atoms with Crippen molar-refractivity contribution in [1.29, 1.82) is 0 Å². The number of nitrogen functional groups attached to an aromatic ring is 1. The van der Waals surface area contributed by atoms with Crippen LogP contribution in [0.25, 0.3) is 0 Å². The van der Waals surface area contributed by atoms with Crippen LogP contribution in [0.2, 0.25) is 0 Å². The summed E-state index contributed by atoms with van der Waals surface area (Å²) in [5.41, 5.74) is 6.84. The number of nitrogens with zero attached hydrogens (tertiary/aromatic N) is 3. The Balaban J connectivity index is 2.40. The average Bonchev–Trinajstić information content (AvgIpc) is 2.32. The van der Waals surface area contributed by atoms with Crippen LogP contribution in [-0.2, 0) is 10.2 Å². The highest BCUT2D eigenvalue weighted by Crippen LogP contribution is 2.32. The van der Waals surface area contributed by atoms with E-state index in [9.17, 15) is 0 Å². The number of nitrogens with two attached hydrogens (primary N) is 1. The molecule has 0 aromatic carbocycles. The van der Waals surface area contributed by atoms with E-state index in [1.165, 1.54) is 0 Å². The first-order chi connectivity index (χ1) is 8.39. The molecular weight excluding hydrogens is 296 g/mol. The van der Waals surface area contributed by atoms with Crippen LogP contribution < -0.4 is 10.6 Å². The zero-order valence-electron chi connectivity index (χ0n) is 11.0. The number of morpholine rings is 1. The second-order valence-electron chi connectivity index (χ2n) is 5.42. The molecule has 0 bridgehead atoms. The predicted molar refractivity (Wildman–Crippen MR) is 75.9 cm³/mol. The van der Waals surface area contributed by atoms with Crippen molar-refractivity contribution in [3.63, 3.8) is 0 Å². The largest absolute Gasteiger partial charge is 0.383 e. The van der Waals surface area contributed by atoms with Crippen molar-refractivity contribution in [2.45, 2.75) is 26.2 Å². The van der Waals surface area contributed by atoms with Gasteiger partial charge in [-0.2, -0.15) is 4.98 Å². The van der Waals surface area contributed by atoms with Crippen LogP contribution in [0, 0.1) is 0 Å². The summed E-state index contributed by atoms with van der Waals surface area (Å²) in [7, 11) is 0. The summed E-state index contributed by atoms with van der Waals surface area (Å²) < 4.78 is 6.13. The van der Waals surface area contributed by atoms with E-state index < -0.39 is 0 Å². The van der Waals surface area contributed by atoms with Crippen molar-refractivity contribution < 1.29 is 4.74 Å². The van der Waals surface area contributed by atoms with E-state index in [0.717, 1.165) is 23.3 Å². The molecule has 18 heavy (non-hydrogen) atoms. The monoisotopic (exact) mass is 314 g/mol. The Morgan fingerprint density at radius 3 is 2.39 bits per heavy atom. The van der Waals surface area contributed by atoms with Gasteiger partial charge in [0.05, 0.1) is 23.4 Å². The first-order valence-corrected chi connectivity index (χ1v) is 6.85. The van der Waals surface area contributed by atoms with Crippen molar-refractivity contribution >= 4 is 27.7 Å². The lowest BCUT2D eigenvalue weighted by Crippen LogP contribution is -2.38. The minimum absolute atomic E-state index is 0.0725. The molecule has 0 atom stereocenters. The van der Waals surface area contributed by atoms with Crippen LogP contribution in [0.15, 0.2) is 4.47 Å². The van der Waals surface area contributed by atoms with Gasteiger partial charge < -0.3 is 15.4 Å². The summed E-state index contributed by atoms with van der Waals surface area (Å²) in [6.45, 7) is 9.39. The van der Waals surface area contributed by atoms with Gasteiger partial charge in [0.25, 0.3) is 0 Å². The SMILES string of the molecule is CC(C)(C)c1nc(N2CCOCC2)nc(N)c1Br. The van der Waals surface area contributed by atoms with Crippen LogP contribution in [0.1, 0.15) is 26.5 Å². The molecular formula is C12H19BrN4O. The number of ether oxygens (including phenoxy) is 1. The first-order valence-electron chi connectivity index (χ1n) is 6.06. The molecule has 1 aliphatic rings. The van der Waals surface area contributed by atoms with E-state index in [0.29, 0.717) is 25.0 Å². The maximum Gasteiger partial charge on any atom is 0.227 e. The lowest BCUT2D eigenvalue weighted by molar-refractivity contribution is 0.122. The fourth-order valence-electron chi connectivity index (χ4n) is 1.85. The Morgan fingerprint density at radius 2 is 1.83 bits per heavy atom. The molecule has 5 nitrogen and oxygen atoms in total. The zero-order valence-corrected chi connectivity index (χ0v) is 12.6. The summed E-state index contributed by atoms with van der Waals surface area (Å²) in [6.07, 6.45) is 0. The summed E-state index contributed by atoms with van der Waals surface area (Å²) in [4.78, 5) is 11.1. The minimum atomic E-state index is -0.0725. The molecule has 1 aliphatic heterocycles. The Hall–Kier alpha value is -0.880. The van der Waals surface area contributed by atoms with E-state index >= 15 is 0 Å². The molecule has 0 saturated carbocycles. The van der Waals surface area contributed by atoms with Gasteiger partial charge in [-0.1, -0.05) is 20.8 Å². The molecule has 2 heterocycles. The Morgan fingerprint density at radius 1 is 1.22 bits per heavy atom. The maximum absolute atomic E-state index is 5.97. The van der Waals surface area contributed by atoms with Crippen LogP contribution in [0.4, 0.5) is 11.8 Å². The number of hydrogen-bond acceptors (Lipinski definition) is 5. The highest BCUT2D eigenvalue weighted by atomic mass is 79.9. The van der Waals surface area contributed by atoms with Gasteiger partial charge >= 0.3 is 0 Å². The van der Waals surface area contributed by atoms with Gasteiger partial charge in [0.2, 0.25) is 5.95 Å². The normalized spacial score (nSPS) is 17.0. The lowest BCUT2D eigenvalue weighted by atomic mass is 9.92. The topological polar surface area (TPSA) is 64.3 Å². The maximum atomic E-state index is 5.97. The highest BCUT2D eigenvalue weighted by molar-refractivity contribution is 9.10. The summed E-state index contributed by atoms with van der Waals surface area (Å²) >= 11 is 3.48. The number of hydrogen-bond donors (Lipinski definition) is 1. The predicted octanol–water partition coefficient (Wildman–Crippen LogP) is 1.96. The van der Waals surface area contributed by atoms with Crippen LogP contribution in [0.3, 0.4) is 0 Å².